The van der Waals surface area contributed by atoms with Gasteiger partial charge in [0.25, 0.3) is 5.91 Å². The maximum Gasteiger partial charge on any atom is 0.305 e. The third-order valence-electron chi connectivity index (χ3n) is 5.26. The number of nitrogens with one attached hydrogen (secondary N) is 2. The number of rotatable bonds is 7. The zero-order valence-corrected chi connectivity index (χ0v) is 17.4. The van der Waals surface area contributed by atoms with Crippen molar-refractivity contribution in [3.05, 3.63) is 42.1 Å². The van der Waals surface area contributed by atoms with Gasteiger partial charge < -0.3 is 20.1 Å². The molecule has 2 N–H and O–H groups in total. The molecule has 1 aliphatic heterocycles. The second-order valence-electron chi connectivity index (χ2n) is 7.48. The van der Waals surface area contributed by atoms with Crippen LogP contribution in [-0.4, -0.2) is 47.7 Å². The second kappa shape index (κ2) is 9.67. The van der Waals surface area contributed by atoms with E-state index in [2.05, 4.69) is 15.6 Å². The minimum Gasteiger partial charge on any atom is -0.434 e. The number of carbonyl (C=O) groups excluding carboxylic acids is 3. The molecular weight excluding hydrogens is 386 g/mol. The highest BCUT2D eigenvalue weighted by Gasteiger charge is 2.35. The Morgan fingerprint density at radius 2 is 2.00 bits per heavy atom. The maximum atomic E-state index is 13.0. The monoisotopic (exact) mass is 413 g/mol. The largest absolute Gasteiger partial charge is 0.434 e. The van der Waals surface area contributed by atoms with Crippen LogP contribution in [0.2, 0.25) is 0 Å². The molecule has 0 saturated carbocycles. The molecule has 3 rings (SSSR count). The average molecular weight is 413 g/mol. The van der Waals surface area contributed by atoms with E-state index in [1.807, 2.05) is 44.2 Å². The predicted octanol–water partition coefficient (Wildman–Crippen LogP) is 2.17. The Bertz CT molecular complexity index is 932. The number of esters is 1. The summed E-state index contributed by atoms with van der Waals surface area (Å²) in [6, 6.07) is 9.78. The van der Waals surface area contributed by atoms with Crippen molar-refractivity contribution in [3.8, 4) is 0 Å². The van der Waals surface area contributed by atoms with Crippen molar-refractivity contribution in [2.24, 2.45) is 5.92 Å². The first kappa shape index (κ1) is 21.7. The number of fused-ring (bicyclic) bond motifs is 1. The molecule has 30 heavy (non-hydrogen) atoms. The molecule has 2 aromatic rings. The van der Waals surface area contributed by atoms with Gasteiger partial charge in [0.1, 0.15) is 11.7 Å². The van der Waals surface area contributed by atoms with Crippen LogP contribution in [-0.2, 0) is 19.1 Å². The summed E-state index contributed by atoms with van der Waals surface area (Å²) >= 11 is 0. The molecule has 1 fully saturated rings. The summed E-state index contributed by atoms with van der Waals surface area (Å²) in [6.07, 6.45) is 0.400. The van der Waals surface area contributed by atoms with Gasteiger partial charge in [0.2, 0.25) is 12.2 Å². The number of hydrogen-bond donors (Lipinski definition) is 2. The first-order valence-corrected chi connectivity index (χ1v) is 10.1. The minimum absolute atomic E-state index is 0.107. The van der Waals surface area contributed by atoms with E-state index in [1.165, 1.54) is 6.92 Å². The van der Waals surface area contributed by atoms with Gasteiger partial charge in [-0.1, -0.05) is 44.5 Å². The van der Waals surface area contributed by atoms with Crippen molar-refractivity contribution >= 4 is 28.7 Å². The number of carbonyl (C=O) groups is 3. The number of hydrogen-bond acceptors (Lipinski definition) is 6. The van der Waals surface area contributed by atoms with Gasteiger partial charge in [-0.05, 0) is 24.5 Å². The van der Waals surface area contributed by atoms with Crippen LogP contribution in [0, 0.1) is 5.92 Å². The molecule has 8 heteroatoms. The number of aromatic nitrogens is 1. The van der Waals surface area contributed by atoms with E-state index in [0.717, 1.165) is 5.39 Å². The lowest BCUT2D eigenvalue weighted by Crippen LogP contribution is -2.54. The van der Waals surface area contributed by atoms with Gasteiger partial charge in [0.05, 0.1) is 18.2 Å². The number of nitrogens with zero attached hydrogens (tertiary/aromatic N) is 1. The van der Waals surface area contributed by atoms with Crippen LogP contribution in [0.4, 0.5) is 0 Å². The van der Waals surface area contributed by atoms with Crippen LogP contribution in [0.15, 0.2) is 36.4 Å². The van der Waals surface area contributed by atoms with Crippen molar-refractivity contribution in [1.29, 1.82) is 0 Å². The lowest BCUT2D eigenvalue weighted by molar-refractivity contribution is -0.171. The Morgan fingerprint density at radius 3 is 2.73 bits per heavy atom. The Balaban J connectivity index is 1.72. The lowest BCUT2D eigenvalue weighted by atomic mass is 9.97. The normalized spacial score (nSPS) is 20.4. The third kappa shape index (κ3) is 5.13. The fourth-order valence-electron chi connectivity index (χ4n) is 3.37. The topological polar surface area (TPSA) is 107 Å². The summed E-state index contributed by atoms with van der Waals surface area (Å²) in [5.74, 6) is -1.34. The molecule has 0 aliphatic carbocycles. The van der Waals surface area contributed by atoms with Gasteiger partial charge in [-0.2, -0.15) is 0 Å². The fraction of sp³-hybridized carbons (Fsp3) is 0.455. The second-order valence-corrected chi connectivity index (χ2v) is 7.48. The summed E-state index contributed by atoms with van der Waals surface area (Å²) < 4.78 is 10.5. The van der Waals surface area contributed by atoms with Crippen molar-refractivity contribution in [2.45, 2.75) is 52.0 Å². The zero-order valence-electron chi connectivity index (χ0n) is 17.4. The summed E-state index contributed by atoms with van der Waals surface area (Å²) in [5, 5.41) is 6.61. The van der Waals surface area contributed by atoms with Crippen molar-refractivity contribution in [2.75, 3.05) is 6.61 Å². The predicted molar refractivity (Wildman–Crippen MR) is 111 cm³/mol. The number of amides is 2. The maximum absolute atomic E-state index is 13.0. The Hall–Kier alpha value is -3.00. The highest BCUT2D eigenvalue weighted by atomic mass is 16.7. The van der Waals surface area contributed by atoms with E-state index < -0.39 is 30.3 Å². The van der Waals surface area contributed by atoms with E-state index in [1.54, 1.807) is 6.07 Å². The van der Waals surface area contributed by atoms with E-state index in [0.29, 0.717) is 25.0 Å². The SMILES string of the molecule is CC[C@H](C)[C@H](NC(=O)c1ccc2ccccc2n1)C(=O)N[C@H]1CCO[C@H]1OC(C)=O. The molecule has 0 bridgehead atoms. The molecule has 1 saturated heterocycles. The molecule has 0 unspecified atom stereocenters. The quantitative estimate of drug-likeness (QED) is 0.674. The molecule has 2 heterocycles. The van der Waals surface area contributed by atoms with Crippen LogP contribution < -0.4 is 10.6 Å². The fourth-order valence-corrected chi connectivity index (χ4v) is 3.37. The van der Waals surface area contributed by atoms with Crippen molar-refractivity contribution < 1.29 is 23.9 Å². The molecule has 1 aliphatic rings. The average Bonchev–Trinajstić information content (AvgIpc) is 3.16. The summed E-state index contributed by atoms with van der Waals surface area (Å²) in [4.78, 5) is 41.4. The lowest BCUT2D eigenvalue weighted by Gasteiger charge is -2.26. The minimum atomic E-state index is -0.818. The number of pyridine rings is 1. The number of ether oxygens (including phenoxy) is 2. The zero-order chi connectivity index (χ0) is 21.7. The molecule has 2 amide bonds. The van der Waals surface area contributed by atoms with Crippen molar-refractivity contribution in [1.82, 2.24) is 15.6 Å². The van der Waals surface area contributed by atoms with Gasteiger partial charge >= 0.3 is 5.97 Å². The van der Waals surface area contributed by atoms with Gasteiger partial charge in [-0.3, -0.25) is 14.4 Å². The van der Waals surface area contributed by atoms with Crippen LogP contribution in [0.25, 0.3) is 10.9 Å². The summed E-state index contributed by atoms with van der Waals surface area (Å²) in [7, 11) is 0. The number of benzene rings is 1. The smallest absolute Gasteiger partial charge is 0.305 e. The molecule has 160 valence electrons. The Morgan fingerprint density at radius 1 is 1.23 bits per heavy atom. The molecule has 1 aromatic carbocycles. The molecule has 1 aromatic heterocycles. The highest BCUT2D eigenvalue weighted by Crippen LogP contribution is 2.17. The first-order valence-electron chi connectivity index (χ1n) is 10.1. The van der Waals surface area contributed by atoms with E-state index in [4.69, 9.17) is 9.47 Å². The molecule has 8 nitrogen and oxygen atoms in total. The van der Waals surface area contributed by atoms with Gasteiger partial charge in [0.15, 0.2) is 0 Å². The Labute approximate surface area is 175 Å². The van der Waals surface area contributed by atoms with E-state index >= 15 is 0 Å². The summed E-state index contributed by atoms with van der Waals surface area (Å²) in [6.45, 7) is 5.52. The van der Waals surface area contributed by atoms with Crippen LogP contribution in [0.5, 0.6) is 0 Å². The first-order chi connectivity index (χ1) is 14.4. The van der Waals surface area contributed by atoms with E-state index in [9.17, 15) is 14.4 Å². The Kier molecular flexibility index (Phi) is 6.99. The van der Waals surface area contributed by atoms with Gasteiger partial charge in [0, 0.05) is 12.3 Å². The molecule has 0 radical (unpaired) electrons. The number of para-hydroxylation sites is 1. The van der Waals surface area contributed by atoms with Crippen molar-refractivity contribution in [3.63, 3.8) is 0 Å². The molecule has 4 atom stereocenters. The van der Waals surface area contributed by atoms with Gasteiger partial charge in [-0.25, -0.2) is 4.98 Å². The highest BCUT2D eigenvalue weighted by molar-refractivity contribution is 5.98. The standard InChI is InChI=1S/C22H27N3O5/c1-4-13(2)19(21(28)24-18-11-12-29-22(18)30-14(3)26)25-20(27)17-10-9-15-7-5-6-8-16(15)23-17/h5-10,13,18-19,22H,4,11-12H2,1-3H3,(H,24,28)(H,25,27)/t13-,18-,19-,22-/m0/s1. The summed E-state index contributed by atoms with van der Waals surface area (Å²) in [5.41, 5.74) is 0.957. The molecular formula is C22H27N3O5. The van der Waals surface area contributed by atoms with Gasteiger partial charge in [-0.15, -0.1) is 0 Å². The van der Waals surface area contributed by atoms with Crippen LogP contribution in [0.3, 0.4) is 0 Å². The van der Waals surface area contributed by atoms with E-state index in [-0.39, 0.29) is 17.5 Å². The molecule has 0 spiro atoms. The van der Waals surface area contributed by atoms with Crippen LogP contribution >= 0.6 is 0 Å². The van der Waals surface area contributed by atoms with Crippen LogP contribution in [0.1, 0.15) is 44.1 Å². The third-order valence-corrected chi connectivity index (χ3v) is 5.26.